The zero-order valence-corrected chi connectivity index (χ0v) is 18.2. The number of sulfone groups is 1. The van der Waals surface area contributed by atoms with Gasteiger partial charge >= 0.3 is 0 Å². The number of guanidine groups is 1. The van der Waals surface area contributed by atoms with E-state index in [4.69, 9.17) is 4.52 Å². The fourth-order valence-corrected chi connectivity index (χ4v) is 2.94. The third kappa shape index (κ3) is 8.86. The Hall–Kier alpha value is -0.840. The third-order valence-electron chi connectivity index (χ3n) is 3.46. The lowest BCUT2D eigenvalue weighted by molar-refractivity contribution is 0.392. The summed E-state index contributed by atoms with van der Waals surface area (Å²) in [6.45, 7) is 9.12. The summed E-state index contributed by atoms with van der Waals surface area (Å²) in [6.07, 6.45) is 2.56. The zero-order chi connectivity index (χ0) is 17.5. The Kier molecular flexibility index (Phi) is 10.5. The summed E-state index contributed by atoms with van der Waals surface area (Å²) in [7, 11) is -2.94. The normalized spacial score (nSPS) is 13.3. The van der Waals surface area contributed by atoms with Crippen LogP contribution in [0.15, 0.2) is 9.52 Å². The molecule has 0 fully saturated rings. The Balaban J connectivity index is 0.00000529. The van der Waals surface area contributed by atoms with Crippen molar-refractivity contribution in [2.24, 2.45) is 4.99 Å². The van der Waals surface area contributed by atoms with E-state index in [0.29, 0.717) is 18.9 Å². The maximum absolute atomic E-state index is 11.2. The molecular formula is C15H29IN4O3S. The average Bonchev–Trinajstić information content (AvgIpc) is 2.76. The zero-order valence-electron chi connectivity index (χ0n) is 15.0. The van der Waals surface area contributed by atoms with Crippen molar-refractivity contribution in [3.63, 3.8) is 0 Å². The Morgan fingerprint density at radius 2 is 2.04 bits per heavy atom. The van der Waals surface area contributed by atoms with E-state index in [1.54, 1.807) is 0 Å². The van der Waals surface area contributed by atoms with Gasteiger partial charge in [-0.15, -0.1) is 24.0 Å². The van der Waals surface area contributed by atoms with Crippen LogP contribution in [0, 0.1) is 13.8 Å². The average molecular weight is 472 g/mol. The first kappa shape index (κ1) is 23.2. The predicted octanol–water partition coefficient (Wildman–Crippen LogP) is 1.83. The third-order valence-corrected chi connectivity index (χ3v) is 4.44. The van der Waals surface area contributed by atoms with Gasteiger partial charge in [0.25, 0.3) is 0 Å². The number of rotatable bonds is 8. The van der Waals surface area contributed by atoms with Crippen LogP contribution in [0.4, 0.5) is 0 Å². The van der Waals surface area contributed by atoms with Crippen LogP contribution in [0.25, 0.3) is 0 Å². The van der Waals surface area contributed by atoms with Crippen molar-refractivity contribution in [2.45, 2.75) is 46.6 Å². The second kappa shape index (κ2) is 10.9. The smallest absolute Gasteiger partial charge is 0.191 e. The molecule has 24 heavy (non-hydrogen) atoms. The van der Waals surface area contributed by atoms with E-state index in [0.717, 1.165) is 30.0 Å². The summed E-state index contributed by atoms with van der Waals surface area (Å²) in [5, 5.41) is 10.3. The van der Waals surface area contributed by atoms with Crippen LogP contribution < -0.4 is 10.6 Å². The molecule has 0 radical (unpaired) electrons. The Bertz CT molecular complexity index is 609. The molecule has 1 heterocycles. The van der Waals surface area contributed by atoms with Crippen molar-refractivity contribution in [3.8, 4) is 0 Å². The molecule has 9 heteroatoms. The predicted molar refractivity (Wildman–Crippen MR) is 108 cm³/mol. The van der Waals surface area contributed by atoms with Crippen LogP contribution in [0.5, 0.6) is 0 Å². The number of aromatic nitrogens is 1. The standard InChI is InChI=1S/C15H28N4O3S.HI/c1-6-16-15(18-11(2)8-10-23(5,20)21)17-9-7-14-12(3)19-22-13(14)4;/h11H,6-10H2,1-5H3,(H2,16,17,18);1H. The molecule has 0 bridgehead atoms. The second-order valence-corrected chi connectivity index (χ2v) is 8.04. The van der Waals surface area contributed by atoms with E-state index in [-0.39, 0.29) is 35.8 Å². The summed E-state index contributed by atoms with van der Waals surface area (Å²) < 4.78 is 27.6. The topological polar surface area (TPSA) is 96.6 Å². The van der Waals surface area contributed by atoms with Gasteiger partial charge in [0, 0.05) is 31.0 Å². The summed E-state index contributed by atoms with van der Waals surface area (Å²) in [6, 6.07) is 0.0292. The number of nitrogens with one attached hydrogen (secondary N) is 2. The minimum absolute atomic E-state index is 0. The minimum Gasteiger partial charge on any atom is -0.361 e. The first-order chi connectivity index (χ1) is 10.7. The van der Waals surface area contributed by atoms with Crippen molar-refractivity contribution in [1.29, 1.82) is 0 Å². The maximum atomic E-state index is 11.2. The van der Waals surface area contributed by atoms with Gasteiger partial charge in [-0.05, 0) is 40.5 Å². The number of nitrogens with zero attached hydrogens (tertiary/aromatic N) is 2. The van der Waals surface area contributed by atoms with Gasteiger partial charge in [0.1, 0.15) is 15.6 Å². The molecular weight excluding hydrogens is 443 g/mol. The molecule has 1 aromatic heterocycles. The summed E-state index contributed by atoms with van der Waals surface area (Å²) in [4.78, 5) is 4.53. The molecule has 0 aliphatic carbocycles. The van der Waals surface area contributed by atoms with Gasteiger partial charge in [-0.3, -0.25) is 4.99 Å². The molecule has 0 spiro atoms. The molecule has 2 N–H and O–H groups in total. The Labute approximate surface area is 162 Å². The first-order valence-electron chi connectivity index (χ1n) is 7.87. The van der Waals surface area contributed by atoms with Crippen LogP contribution >= 0.6 is 24.0 Å². The highest BCUT2D eigenvalue weighted by Crippen LogP contribution is 2.12. The van der Waals surface area contributed by atoms with E-state index >= 15 is 0 Å². The van der Waals surface area contributed by atoms with Crippen LogP contribution in [-0.4, -0.2) is 50.7 Å². The summed E-state index contributed by atoms with van der Waals surface area (Å²) >= 11 is 0. The molecule has 0 aliphatic rings. The summed E-state index contributed by atoms with van der Waals surface area (Å²) in [5.41, 5.74) is 1.99. The molecule has 0 amide bonds. The van der Waals surface area contributed by atoms with Gasteiger partial charge in [-0.2, -0.15) is 0 Å². The fraction of sp³-hybridized carbons (Fsp3) is 0.733. The number of hydrogen-bond donors (Lipinski definition) is 2. The van der Waals surface area contributed by atoms with E-state index < -0.39 is 9.84 Å². The van der Waals surface area contributed by atoms with E-state index in [1.807, 2.05) is 27.7 Å². The van der Waals surface area contributed by atoms with Gasteiger partial charge in [0.2, 0.25) is 0 Å². The highest BCUT2D eigenvalue weighted by atomic mass is 127. The van der Waals surface area contributed by atoms with E-state index in [2.05, 4.69) is 20.8 Å². The SMILES string of the molecule is CCNC(=NCCc1c(C)noc1C)NC(C)CCS(C)(=O)=O.I. The van der Waals surface area contributed by atoms with Crippen molar-refractivity contribution >= 4 is 39.8 Å². The number of aliphatic imine (C=N–C) groups is 1. The van der Waals surface area contributed by atoms with Crippen molar-refractivity contribution in [3.05, 3.63) is 17.0 Å². The highest BCUT2D eigenvalue weighted by Gasteiger charge is 2.10. The van der Waals surface area contributed by atoms with E-state index in [1.165, 1.54) is 6.26 Å². The quantitative estimate of drug-likeness (QED) is 0.341. The summed E-state index contributed by atoms with van der Waals surface area (Å²) in [5.74, 6) is 1.69. The molecule has 140 valence electrons. The van der Waals surface area contributed by atoms with Gasteiger partial charge < -0.3 is 15.2 Å². The van der Waals surface area contributed by atoms with Crippen LogP contribution in [0.1, 0.15) is 37.3 Å². The van der Waals surface area contributed by atoms with Crippen LogP contribution in [0.3, 0.4) is 0 Å². The fourth-order valence-electron chi connectivity index (χ4n) is 2.15. The molecule has 7 nitrogen and oxygen atoms in total. The molecule has 1 aromatic rings. The monoisotopic (exact) mass is 472 g/mol. The molecule has 0 saturated heterocycles. The Morgan fingerprint density at radius 3 is 2.54 bits per heavy atom. The second-order valence-electron chi connectivity index (χ2n) is 5.78. The Morgan fingerprint density at radius 1 is 1.38 bits per heavy atom. The molecule has 1 unspecified atom stereocenters. The van der Waals surface area contributed by atoms with Gasteiger partial charge in [0.15, 0.2) is 5.96 Å². The number of aryl methyl sites for hydroxylation is 2. The number of hydrogen-bond acceptors (Lipinski definition) is 5. The van der Waals surface area contributed by atoms with E-state index in [9.17, 15) is 8.42 Å². The largest absolute Gasteiger partial charge is 0.361 e. The first-order valence-corrected chi connectivity index (χ1v) is 9.93. The molecule has 0 aliphatic heterocycles. The lowest BCUT2D eigenvalue weighted by Gasteiger charge is -2.17. The van der Waals surface area contributed by atoms with Gasteiger partial charge in [-0.25, -0.2) is 8.42 Å². The molecule has 1 rings (SSSR count). The van der Waals surface area contributed by atoms with Crippen molar-refractivity contribution < 1.29 is 12.9 Å². The minimum atomic E-state index is -2.94. The molecule has 0 aromatic carbocycles. The van der Waals surface area contributed by atoms with Crippen LogP contribution in [-0.2, 0) is 16.3 Å². The molecule has 0 saturated carbocycles. The van der Waals surface area contributed by atoms with Crippen molar-refractivity contribution in [1.82, 2.24) is 15.8 Å². The highest BCUT2D eigenvalue weighted by molar-refractivity contribution is 14.0. The number of halogens is 1. The van der Waals surface area contributed by atoms with Gasteiger partial charge in [0.05, 0.1) is 11.4 Å². The van der Waals surface area contributed by atoms with Crippen LogP contribution in [0.2, 0.25) is 0 Å². The lowest BCUT2D eigenvalue weighted by atomic mass is 10.1. The van der Waals surface area contributed by atoms with Gasteiger partial charge in [-0.1, -0.05) is 5.16 Å². The molecule has 1 atom stereocenters. The van der Waals surface area contributed by atoms with Crippen molar-refractivity contribution in [2.75, 3.05) is 25.1 Å². The lowest BCUT2D eigenvalue weighted by Crippen LogP contribution is -2.43. The maximum Gasteiger partial charge on any atom is 0.191 e.